The minimum atomic E-state index is -0.0394. The molecule has 1 aromatic heterocycles. The number of ether oxygens (including phenoxy) is 2. The van der Waals surface area contributed by atoms with Crippen LogP contribution in [0, 0.1) is 0 Å². The van der Waals surface area contributed by atoms with Gasteiger partial charge in [0.1, 0.15) is 0 Å². The Morgan fingerprint density at radius 3 is 2.93 bits per heavy atom. The first-order valence-corrected chi connectivity index (χ1v) is 10.3. The number of hydrogen-bond donors (Lipinski definition) is 1. The van der Waals surface area contributed by atoms with Gasteiger partial charge in [0.15, 0.2) is 0 Å². The lowest BCUT2D eigenvalue weighted by Gasteiger charge is -2.43. The third kappa shape index (κ3) is 3.42. The highest BCUT2D eigenvalue weighted by Gasteiger charge is 2.51. The first-order valence-electron chi connectivity index (χ1n) is 10.3. The molecule has 27 heavy (non-hydrogen) atoms. The topological polar surface area (TPSA) is 46.9 Å². The fourth-order valence-corrected chi connectivity index (χ4v) is 5.24. The Labute approximate surface area is 161 Å². The summed E-state index contributed by atoms with van der Waals surface area (Å²) in [6.07, 6.45) is 6.55. The van der Waals surface area contributed by atoms with Gasteiger partial charge in [-0.1, -0.05) is 12.1 Å². The van der Waals surface area contributed by atoms with Crippen molar-refractivity contribution >= 4 is 10.9 Å². The molecule has 5 nitrogen and oxygen atoms in total. The highest BCUT2D eigenvalue weighted by atomic mass is 16.5. The van der Waals surface area contributed by atoms with Crippen LogP contribution in [0.4, 0.5) is 0 Å². The monoisotopic (exact) mass is 372 g/mol. The molecule has 0 bridgehead atoms. The predicted octanol–water partition coefficient (Wildman–Crippen LogP) is 3.18. The van der Waals surface area contributed by atoms with E-state index in [0.29, 0.717) is 12.6 Å². The summed E-state index contributed by atoms with van der Waals surface area (Å²) in [5.74, 6) is 0. The van der Waals surface area contributed by atoms with Crippen LogP contribution in [0.15, 0.2) is 30.5 Å². The lowest BCUT2D eigenvalue weighted by molar-refractivity contribution is -0.104. The van der Waals surface area contributed by atoms with E-state index < -0.39 is 0 Å². The van der Waals surface area contributed by atoms with Gasteiger partial charge in [-0.05, 0) is 50.3 Å². The van der Waals surface area contributed by atoms with Gasteiger partial charge in [0.25, 0.3) is 0 Å². The van der Waals surface area contributed by atoms with E-state index in [2.05, 4.69) is 46.9 Å². The Morgan fingerprint density at radius 2 is 2.15 bits per heavy atom. The van der Waals surface area contributed by atoms with Crippen molar-refractivity contribution < 1.29 is 14.6 Å². The molecule has 5 heteroatoms. The molecule has 1 aliphatic heterocycles. The summed E-state index contributed by atoms with van der Waals surface area (Å²) in [7, 11) is 1.87. The molecule has 2 fully saturated rings. The summed E-state index contributed by atoms with van der Waals surface area (Å²) in [5.41, 5.74) is 2.67. The maximum absolute atomic E-state index is 9.09. The standard InChI is InChI=1S/C22H32N2O3/c1-3-23-11-8-19-17(5-4-6-20(19)23)16-24-12-10-22(26-2)9-7-18(15-21(22)24)27-14-13-25/h4-6,8,11,18,21,25H,3,7,9-10,12-16H2,1-2H3/t18-,21+,22-/m1/s1. The van der Waals surface area contributed by atoms with Gasteiger partial charge in [0, 0.05) is 49.9 Å². The first kappa shape index (κ1) is 18.9. The molecule has 0 radical (unpaired) electrons. The van der Waals surface area contributed by atoms with E-state index >= 15 is 0 Å². The molecule has 1 aliphatic carbocycles. The molecule has 2 heterocycles. The number of likely N-dealkylation sites (tertiary alicyclic amines) is 1. The van der Waals surface area contributed by atoms with Crippen molar-refractivity contribution in [2.45, 2.75) is 63.4 Å². The zero-order valence-electron chi connectivity index (χ0n) is 16.6. The van der Waals surface area contributed by atoms with E-state index in [0.717, 1.165) is 45.3 Å². The zero-order valence-corrected chi connectivity index (χ0v) is 16.6. The van der Waals surface area contributed by atoms with E-state index in [9.17, 15) is 0 Å². The number of hydrogen-bond acceptors (Lipinski definition) is 4. The smallest absolute Gasteiger partial charge is 0.0847 e. The first-order chi connectivity index (χ1) is 13.2. The summed E-state index contributed by atoms with van der Waals surface area (Å²) in [6.45, 7) is 5.73. The molecule has 1 aromatic carbocycles. The third-order valence-electron chi connectivity index (χ3n) is 6.72. The summed E-state index contributed by atoms with van der Waals surface area (Å²) in [4.78, 5) is 2.59. The largest absolute Gasteiger partial charge is 0.394 e. The Bertz CT molecular complexity index is 774. The van der Waals surface area contributed by atoms with Crippen LogP contribution in [0.2, 0.25) is 0 Å². The lowest BCUT2D eigenvalue weighted by Crippen LogP contribution is -2.51. The molecule has 148 valence electrons. The Kier molecular flexibility index (Phi) is 5.55. The normalized spacial score (nSPS) is 28.7. The van der Waals surface area contributed by atoms with Gasteiger partial charge in [-0.25, -0.2) is 0 Å². The molecule has 1 N–H and O–H groups in total. The highest BCUT2D eigenvalue weighted by molar-refractivity contribution is 5.83. The van der Waals surface area contributed by atoms with Crippen LogP contribution >= 0.6 is 0 Å². The van der Waals surface area contributed by atoms with Gasteiger partial charge in [-0.3, -0.25) is 4.90 Å². The molecule has 1 saturated heterocycles. The number of rotatable bonds is 7. The lowest BCUT2D eigenvalue weighted by atomic mass is 9.79. The number of aliphatic hydroxyl groups excluding tert-OH is 1. The van der Waals surface area contributed by atoms with Crippen LogP contribution in [0.1, 0.15) is 38.2 Å². The van der Waals surface area contributed by atoms with Crippen molar-refractivity contribution in [2.24, 2.45) is 0 Å². The molecule has 3 atom stereocenters. The van der Waals surface area contributed by atoms with Crippen LogP contribution in [-0.2, 0) is 22.6 Å². The Hall–Kier alpha value is -1.40. The van der Waals surface area contributed by atoms with Crippen LogP contribution < -0.4 is 0 Å². The van der Waals surface area contributed by atoms with E-state index in [1.165, 1.54) is 16.5 Å². The quantitative estimate of drug-likeness (QED) is 0.811. The molecule has 2 aromatic rings. The number of aromatic nitrogens is 1. The Balaban J connectivity index is 1.56. The molecule has 4 rings (SSSR count). The summed E-state index contributed by atoms with van der Waals surface area (Å²) < 4.78 is 14.3. The summed E-state index contributed by atoms with van der Waals surface area (Å²) in [6, 6.07) is 9.28. The van der Waals surface area contributed by atoms with E-state index in [1.54, 1.807) is 0 Å². The van der Waals surface area contributed by atoms with Gasteiger partial charge in [0.05, 0.1) is 24.9 Å². The number of aliphatic hydroxyl groups is 1. The second kappa shape index (κ2) is 7.92. The summed E-state index contributed by atoms with van der Waals surface area (Å²) >= 11 is 0. The third-order valence-corrected chi connectivity index (χ3v) is 6.72. The van der Waals surface area contributed by atoms with Crippen LogP contribution in [0.5, 0.6) is 0 Å². The van der Waals surface area contributed by atoms with Gasteiger partial charge in [-0.2, -0.15) is 0 Å². The second-order valence-electron chi connectivity index (χ2n) is 7.95. The molecular weight excluding hydrogens is 340 g/mol. The predicted molar refractivity (Wildman–Crippen MR) is 107 cm³/mol. The van der Waals surface area contributed by atoms with Gasteiger partial charge >= 0.3 is 0 Å². The molecule has 2 aliphatic rings. The van der Waals surface area contributed by atoms with E-state index in [-0.39, 0.29) is 18.3 Å². The number of nitrogens with zero attached hydrogens (tertiary/aromatic N) is 2. The highest BCUT2D eigenvalue weighted by Crippen LogP contribution is 2.44. The van der Waals surface area contributed by atoms with E-state index in [1.807, 2.05) is 7.11 Å². The molecule has 0 unspecified atom stereocenters. The SMILES string of the molecule is CCn1ccc2c(CN3CC[C@]4(OC)CC[C@@H](OCCO)C[C@H]34)cccc21. The average Bonchev–Trinajstić information content (AvgIpc) is 3.29. The van der Waals surface area contributed by atoms with Crippen LogP contribution in [-0.4, -0.2) is 59.2 Å². The van der Waals surface area contributed by atoms with Gasteiger partial charge in [0.2, 0.25) is 0 Å². The van der Waals surface area contributed by atoms with Crippen LogP contribution in [0.25, 0.3) is 10.9 Å². The summed E-state index contributed by atoms with van der Waals surface area (Å²) in [5, 5.41) is 10.4. The van der Waals surface area contributed by atoms with Crippen molar-refractivity contribution in [1.82, 2.24) is 9.47 Å². The number of aryl methyl sites for hydroxylation is 1. The number of benzene rings is 1. The molecule has 0 spiro atoms. The van der Waals surface area contributed by atoms with Crippen molar-refractivity contribution in [3.8, 4) is 0 Å². The van der Waals surface area contributed by atoms with E-state index in [4.69, 9.17) is 14.6 Å². The van der Waals surface area contributed by atoms with Crippen molar-refractivity contribution in [3.05, 3.63) is 36.0 Å². The van der Waals surface area contributed by atoms with Crippen LogP contribution in [0.3, 0.4) is 0 Å². The maximum Gasteiger partial charge on any atom is 0.0847 e. The van der Waals surface area contributed by atoms with Crippen molar-refractivity contribution in [3.63, 3.8) is 0 Å². The fraction of sp³-hybridized carbons (Fsp3) is 0.636. The second-order valence-corrected chi connectivity index (χ2v) is 7.95. The maximum atomic E-state index is 9.09. The minimum absolute atomic E-state index is 0.0394. The van der Waals surface area contributed by atoms with Gasteiger partial charge in [-0.15, -0.1) is 0 Å². The minimum Gasteiger partial charge on any atom is -0.394 e. The molecule has 0 amide bonds. The average molecular weight is 373 g/mol. The molecular formula is C22H32N2O3. The number of fused-ring (bicyclic) bond motifs is 2. The Morgan fingerprint density at radius 1 is 1.26 bits per heavy atom. The molecule has 1 saturated carbocycles. The van der Waals surface area contributed by atoms with Crippen molar-refractivity contribution in [1.29, 1.82) is 0 Å². The zero-order chi connectivity index (χ0) is 18.9. The fourth-order valence-electron chi connectivity index (χ4n) is 5.24. The number of methoxy groups -OCH3 is 1. The van der Waals surface area contributed by atoms with Crippen molar-refractivity contribution in [2.75, 3.05) is 26.9 Å². The van der Waals surface area contributed by atoms with Gasteiger partial charge < -0.3 is 19.1 Å².